The van der Waals surface area contributed by atoms with Crippen LogP contribution in [0.15, 0.2) is 24.3 Å². The second-order valence-electron chi connectivity index (χ2n) is 7.37. The van der Waals surface area contributed by atoms with Crippen molar-refractivity contribution in [2.24, 2.45) is 5.92 Å². The number of fused-ring (bicyclic) bond motifs is 1. The molecule has 3 rings (SSSR count). The lowest BCUT2D eigenvalue weighted by Gasteiger charge is -2.40. The summed E-state index contributed by atoms with van der Waals surface area (Å²) in [6.45, 7) is 4.12. The molecule has 1 heterocycles. The number of amides is 2. The van der Waals surface area contributed by atoms with Crippen molar-refractivity contribution >= 4 is 17.5 Å². The molecule has 0 aromatic heterocycles. The summed E-state index contributed by atoms with van der Waals surface area (Å²) in [5.41, 5.74) is 1.28. The molecule has 0 spiro atoms. The van der Waals surface area contributed by atoms with E-state index in [1.54, 1.807) is 12.1 Å². The average molecular weight is 344 g/mol. The Bertz CT molecular complexity index is 615. The van der Waals surface area contributed by atoms with Crippen LogP contribution in [0, 0.1) is 5.92 Å². The van der Waals surface area contributed by atoms with Gasteiger partial charge in [0.1, 0.15) is 0 Å². The Hall–Kier alpha value is -1.88. The van der Waals surface area contributed by atoms with Gasteiger partial charge in [-0.15, -0.1) is 0 Å². The van der Waals surface area contributed by atoms with E-state index < -0.39 is 0 Å². The molecule has 0 radical (unpaired) electrons. The highest BCUT2D eigenvalue weighted by Gasteiger charge is 2.37. The van der Waals surface area contributed by atoms with Gasteiger partial charge in [0, 0.05) is 23.7 Å². The molecule has 1 unspecified atom stereocenters. The number of quaternary nitrogens is 1. The third-order valence-corrected chi connectivity index (χ3v) is 5.64. The second-order valence-corrected chi connectivity index (χ2v) is 7.37. The van der Waals surface area contributed by atoms with E-state index in [1.807, 2.05) is 19.1 Å². The van der Waals surface area contributed by atoms with E-state index in [9.17, 15) is 9.59 Å². The number of likely N-dealkylation sites (tertiary alicyclic amines) is 1. The maximum atomic E-state index is 12.5. The molecule has 2 aliphatic rings. The van der Waals surface area contributed by atoms with E-state index in [2.05, 4.69) is 10.6 Å². The predicted molar refractivity (Wildman–Crippen MR) is 98.8 cm³/mol. The zero-order chi connectivity index (χ0) is 17.6. The smallest absolute Gasteiger partial charge is 0.279 e. The van der Waals surface area contributed by atoms with Gasteiger partial charge in [0.2, 0.25) is 0 Å². The van der Waals surface area contributed by atoms with E-state index in [-0.39, 0.29) is 11.8 Å². The van der Waals surface area contributed by atoms with Crippen LogP contribution in [0.5, 0.6) is 0 Å². The van der Waals surface area contributed by atoms with Crippen molar-refractivity contribution in [3.05, 3.63) is 29.8 Å². The maximum Gasteiger partial charge on any atom is 0.279 e. The molecule has 1 aliphatic carbocycles. The van der Waals surface area contributed by atoms with Crippen molar-refractivity contribution < 1.29 is 14.5 Å². The molecule has 25 heavy (non-hydrogen) atoms. The van der Waals surface area contributed by atoms with Gasteiger partial charge in [-0.3, -0.25) is 9.59 Å². The van der Waals surface area contributed by atoms with Crippen molar-refractivity contribution in [3.8, 4) is 0 Å². The van der Waals surface area contributed by atoms with Crippen molar-refractivity contribution in [2.45, 2.75) is 51.5 Å². The molecule has 2 fully saturated rings. The van der Waals surface area contributed by atoms with Crippen molar-refractivity contribution in [2.75, 3.05) is 25.0 Å². The zero-order valence-corrected chi connectivity index (χ0v) is 15.1. The molecular formula is C20H30N3O2+. The highest BCUT2D eigenvalue weighted by Crippen LogP contribution is 2.28. The topological polar surface area (TPSA) is 62.6 Å². The minimum atomic E-state index is -0.106. The fourth-order valence-electron chi connectivity index (χ4n) is 4.50. The molecular weight excluding hydrogens is 314 g/mol. The van der Waals surface area contributed by atoms with E-state index >= 15 is 0 Å². The number of nitrogens with one attached hydrogen (secondary N) is 3. The Morgan fingerprint density at radius 2 is 1.96 bits per heavy atom. The van der Waals surface area contributed by atoms with Gasteiger partial charge in [0.25, 0.3) is 11.8 Å². The molecule has 0 bridgehead atoms. The lowest BCUT2D eigenvalue weighted by atomic mass is 9.78. The molecule has 3 N–H and O–H groups in total. The Morgan fingerprint density at radius 3 is 2.80 bits per heavy atom. The number of piperidine rings is 1. The number of anilines is 1. The minimum absolute atomic E-state index is 0.0503. The fourth-order valence-corrected chi connectivity index (χ4v) is 4.50. The summed E-state index contributed by atoms with van der Waals surface area (Å²) in [7, 11) is 0. The highest BCUT2D eigenvalue weighted by molar-refractivity contribution is 5.97. The maximum absolute atomic E-state index is 12.5. The molecule has 1 aliphatic heterocycles. The number of rotatable bonds is 5. The zero-order valence-electron chi connectivity index (χ0n) is 15.1. The van der Waals surface area contributed by atoms with Crippen LogP contribution >= 0.6 is 0 Å². The monoisotopic (exact) mass is 344 g/mol. The Labute approximate surface area is 150 Å². The summed E-state index contributed by atoms with van der Waals surface area (Å²) in [6.07, 6.45) is 7.83. The predicted octanol–water partition coefficient (Wildman–Crippen LogP) is 1.61. The van der Waals surface area contributed by atoms with Crippen molar-refractivity contribution in [3.63, 3.8) is 0 Å². The van der Waals surface area contributed by atoms with Crippen LogP contribution in [0.4, 0.5) is 5.69 Å². The molecule has 1 aromatic carbocycles. The molecule has 1 saturated carbocycles. The van der Waals surface area contributed by atoms with Crippen LogP contribution < -0.4 is 15.5 Å². The van der Waals surface area contributed by atoms with E-state index in [0.717, 1.165) is 12.5 Å². The van der Waals surface area contributed by atoms with Gasteiger partial charge in [-0.05, 0) is 57.2 Å². The third-order valence-electron chi connectivity index (χ3n) is 5.64. The van der Waals surface area contributed by atoms with Crippen LogP contribution in [0.3, 0.4) is 0 Å². The first kappa shape index (κ1) is 17.9. The Balaban J connectivity index is 1.58. The number of hydrogen-bond acceptors (Lipinski definition) is 2. The summed E-state index contributed by atoms with van der Waals surface area (Å²) in [5, 5.41) is 5.77. The number of carbonyl (C=O) groups excluding carboxylic acids is 2. The minimum Gasteiger partial charge on any atom is -0.352 e. The van der Waals surface area contributed by atoms with Gasteiger partial charge in [0.15, 0.2) is 6.54 Å². The van der Waals surface area contributed by atoms with E-state index in [1.165, 1.54) is 43.4 Å². The summed E-state index contributed by atoms with van der Waals surface area (Å²) < 4.78 is 0. The highest BCUT2D eigenvalue weighted by atomic mass is 16.2. The molecule has 5 heteroatoms. The normalized spacial score (nSPS) is 25.7. The second kappa shape index (κ2) is 8.48. The van der Waals surface area contributed by atoms with Gasteiger partial charge >= 0.3 is 0 Å². The van der Waals surface area contributed by atoms with Gasteiger partial charge in [-0.25, -0.2) is 0 Å². The molecule has 5 nitrogen and oxygen atoms in total. The van der Waals surface area contributed by atoms with Gasteiger partial charge < -0.3 is 15.5 Å². The first-order valence-electron chi connectivity index (χ1n) is 9.70. The lowest BCUT2D eigenvalue weighted by Crippen LogP contribution is -3.18. The third kappa shape index (κ3) is 4.60. The molecule has 1 aromatic rings. The Kier molecular flexibility index (Phi) is 6.08. The molecule has 136 valence electrons. The number of carbonyl (C=O) groups is 2. The largest absolute Gasteiger partial charge is 0.352 e. The average Bonchev–Trinajstić information content (AvgIpc) is 2.62. The van der Waals surface area contributed by atoms with Crippen LogP contribution in [0.25, 0.3) is 0 Å². The van der Waals surface area contributed by atoms with Gasteiger partial charge in [-0.1, -0.05) is 12.5 Å². The first-order valence-corrected chi connectivity index (χ1v) is 9.70. The lowest BCUT2D eigenvalue weighted by molar-refractivity contribution is -0.928. The van der Waals surface area contributed by atoms with E-state index in [4.69, 9.17) is 0 Å². The van der Waals surface area contributed by atoms with Crippen LogP contribution in [0.1, 0.15) is 55.8 Å². The molecule has 1 saturated heterocycles. The van der Waals surface area contributed by atoms with Crippen LogP contribution in [0.2, 0.25) is 0 Å². The summed E-state index contributed by atoms with van der Waals surface area (Å²) in [5.74, 6) is 0.756. The van der Waals surface area contributed by atoms with Gasteiger partial charge in [0.05, 0.1) is 12.6 Å². The summed E-state index contributed by atoms with van der Waals surface area (Å²) >= 11 is 0. The number of hydrogen-bond donors (Lipinski definition) is 3. The van der Waals surface area contributed by atoms with Crippen molar-refractivity contribution in [1.82, 2.24) is 5.32 Å². The van der Waals surface area contributed by atoms with E-state index in [0.29, 0.717) is 30.4 Å². The standard InChI is InChI=1S/C20H29N3O2/c1-2-21-20(25)16-8-5-10-17(13-16)22-19(24)14-23-12-6-9-15-7-3-4-11-18(15)23/h5,8,10,13,15,18H,2-4,6-7,9,11-12,14H2,1H3,(H,21,25)(H,22,24)/p+1/t15-,18-/m0/s1. The summed E-state index contributed by atoms with van der Waals surface area (Å²) in [6, 6.07) is 7.83. The van der Waals surface area contributed by atoms with Crippen LogP contribution in [-0.4, -0.2) is 37.5 Å². The van der Waals surface area contributed by atoms with Gasteiger partial charge in [-0.2, -0.15) is 0 Å². The molecule has 2 amide bonds. The number of benzene rings is 1. The molecule has 3 atom stereocenters. The van der Waals surface area contributed by atoms with Crippen molar-refractivity contribution in [1.29, 1.82) is 0 Å². The summed E-state index contributed by atoms with van der Waals surface area (Å²) in [4.78, 5) is 25.9. The van der Waals surface area contributed by atoms with Crippen LogP contribution in [-0.2, 0) is 4.79 Å². The fraction of sp³-hybridized carbons (Fsp3) is 0.600. The first-order chi connectivity index (χ1) is 12.2. The quantitative estimate of drug-likeness (QED) is 0.760. The SMILES string of the molecule is CCNC(=O)c1cccc(NC(=O)C[NH+]2CCC[C@@H]3CCCC[C@@H]32)c1. The Morgan fingerprint density at radius 1 is 1.16 bits per heavy atom.